The summed E-state index contributed by atoms with van der Waals surface area (Å²) in [5, 5.41) is 0. The van der Waals surface area contributed by atoms with E-state index in [2.05, 4.69) is 4.98 Å². The van der Waals surface area contributed by atoms with Crippen LogP contribution in [0, 0.1) is 5.82 Å². The first-order chi connectivity index (χ1) is 13.2. The Kier molecular flexibility index (Phi) is 6.30. The first-order valence-electron chi connectivity index (χ1n) is 8.41. The topological polar surface area (TPSA) is 48.4 Å². The Bertz CT molecular complexity index is 908. The molecule has 0 atom stereocenters. The zero-order valence-electron chi connectivity index (χ0n) is 14.5. The van der Waals surface area contributed by atoms with Crippen LogP contribution in [0.2, 0.25) is 0 Å². The number of hydrogen-bond donors (Lipinski definition) is 0. The predicted octanol–water partition coefficient (Wildman–Crippen LogP) is 4.56. The minimum absolute atomic E-state index is 0.0290. The minimum Gasteiger partial charge on any atom is -0.487 e. The minimum atomic E-state index is -0.491. The zero-order chi connectivity index (χ0) is 18.9. The largest absolute Gasteiger partial charge is 0.487 e. The molecule has 4 nitrogen and oxygen atoms in total. The van der Waals surface area contributed by atoms with Gasteiger partial charge < -0.3 is 9.47 Å². The maximum absolute atomic E-state index is 13.1. The summed E-state index contributed by atoms with van der Waals surface area (Å²) in [5.41, 5.74) is 2.29. The first kappa shape index (κ1) is 18.3. The van der Waals surface area contributed by atoms with Gasteiger partial charge in [-0.25, -0.2) is 9.18 Å². The maximum Gasteiger partial charge on any atom is 0.331 e. The third-order valence-corrected chi connectivity index (χ3v) is 3.67. The van der Waals surface area contributed by atoms with Crippen molar-refractivity contribution in [1.29, 1.82) is 0 Å². The van der Waals surface area contributed by atoms with E-state index >= 15 is 0 Å². The molecule has 0 saturated heterocycles. The Morgan fingerprint density at radius 3 is 2.59 bits per heavy atom. The molecule has 0 aliphatic rings. The molecule has 136 valence electrons. The average molecular weight is 363 g/mol. The molecule has 3 rings (SSSR count). The van der Waals surface area contributed by atoms with Gasteiger partial charge in [0.1, 0.15) is 24.8 Å². The van der Waals surface area contributed by atoms with Crippen molar-refractivity contribution in [3.63, 3.8) is 0 Å². The number of pyridine rings is 1. The fourth-order valence-corrected chi connectivity index (χ4v) is 2.31. The van der Waals surface area contributed by atoms with Crippen LogP contribution in [0.25, 0.3) is 6.08 Å². The molecule has 0 unspecified atom stereocenters. The second kappa shape index (κ2) is 9.29. The number of halogens is 1. The third-order valence-electron chi connectivity index (χ3n) is 3.67. The van der Waals surface area contributed by atoms with Crippen molar-refractivity contribution in [2.24, 2.45) is 0 Å². The van der Waals surface area contributed by atoms with Gasteiger partial charge in [0.2, 0.25) is 0 Å². The molecule has 0 aliphatic heterocycles. The van der Waals surface area contributed by atoms with Crippen molar-refractivity contribution >= 4 is 12.0 Å². The highest BCUT2D eigenvalue weighted by Crippen LogP contribution is 2.15. The summed E-state index contributed by atoms with van der Waals surface area (Å²) in [6.07, 6.45) is 4.71. The van der Waals surface area contributed by atoms with E-state index in [1.807, 2.05) is 42.5 Å². The van der Waals surface area contributed by atoms with E-state index in [0.717, 1.165) is 11.3 Å². The Labute approximate surface area is 156 Å². The lowest BCUT2D eigenvalue weighted by atomic mass is 10.2. The second-order valence-corrected chi connectivity index (χ2v) is 5.75. The lowest BCUT2D eigenvalue weighted by molar-refractivity contribution is -0.138. The Morgan fingerprint density at radius 2 is 1.85 bits per heavy atom. The van der Waals surface area contributed by atoms with Crippen molar-refractivity contribution in [3.8, 4) is 5.75 Å². The van der Waals surface area contributed by atoms with Crippen LogP contribution < -0.4 is 4.74 Å². The van der Waals surface area contributed by atoms with E-state index in [-0.39, 0.29) is 12.4 Å². The van der Waals surface area contributed by atoms with E-state index in [1.165, 1.54) is 18.2 Å². The number of ether oxygens (including phenoxy) is 2. The van der Waals surface area contributed by atoms with Crippen LogP contribution in [-0.4, -0.2) is 11.0 Å². The summed E-state index contributed by atoms with van der Waals surface area (Å²) in [6.45, 7) is 0.420. The van der Waals surface area contributed by atoms with Gasteiger partial charge in [0.25, 0.3) is 0 Å². The van der Waals surface area contributed by atoms with E-state index in [4.69, 9.17) is 9.47 Å². The van der Waals surface area contributed by atoms with Gasteiger partial charge in [0.05, 0.1) is 5.69 Å². The average Bonchev–Trinajstić information content (AvgIpc) is 2.71. The van der Waals surface area contributed by atoms with Gasteiger partial charge in [-0.05, 0) is 53.6 Å². The van der Waals surface area contributed by atoms with Gasteiger partial charge in [-0.3, -0.25) is 4.98 Å². The van der Waals surface area contributed by atoms with Crippen molar-refractivity contribution in [2.45, 2.75) is 13.2 Å². The predicted molar refractivity (Wildman–Crippen MR) is 100 cm³/mol. The van der Waals surface area contributed by atoms with Gasteiger partial charge in [0.15, 0.2) is 0 Å². The van der Waals surface area contributed by atoms with Gasteiger partial charge in [-0.15, -0.1) is 0 Å². The van der Waals surface area contributed by atoms with Crippen molar-refractivity contribution < 1.29 is 18.7 Å². The molecule has 0 bridgehead atoms. The molecule has 0 aliphatic carbocycles. The molecule has 0 amide bonds. The fraction of sp³-hybridized carbons (Fsp3) is 0.0909. The van der Waals surface area contributed by atoms with Crippen LogP contribution in [0.5, 0.6) is 5.75 Å². The number of benzene rings is 2. The molecule has 27 heavy (non-hydrogen) atoms. The zero-order valence-corrected chi connectivity index (χ0v) is 14.5. The number of rotatable bonds is 7. The Hall–Kier alpha value is -3.47. The van der Waals surface area contributed by atoms with Crippen LogP contribution in [0.3, 0.4) is 0 Å². The number of esters is 1. The summed E-state index contributed by atoms with van der Waals surface area (Å²) in [6, 6.07) is 18.9. The molecule has 5 heteroatoms. The second-order valence-electron chi connectivity index (χ2n) is 5.75. The number of aromatic nitrogens is 1. The van der Waals surface area contributed by atoms with Crippen LogP contribution in [0.15, 0.2) is 79.0 Å². The van der Waals surface area contributed by atoms with Crippen LogP contribution in [-0.2, 0) is 22.7 Å². The maximum atomic E-state index is 13.1. The number of nitrogens with zero attached hydrogens (tertiary/aromatic N) is 1. The molecule has 1 heterocycles. The summed E-state index contributed by atoms with van der Waals surface area (Å²) in [4.78, 5) is 16.0. The third kappa shape index (κ3) is 6.08. The van der Waals surface area contributed by atoms with E-state index < -0.39 is 5.97 Å². The van der Waals surface area contributed by atoms with Crippen molar-refractivity contribution in [1.82, 2.24) is 4.98 Å². The van der Waals surface area contributed by atoms with Crippen LogP contribution >= 0.6 is 0 Å². The molecule has 1 aromatic heterocycles. The van der Waals surface area contributed by atoms with Crippen molar-refractivity contribution in [2.75, 3.05) is 0 Å². The molecule has 0 saturated carbocycles. The number of carbonyl (C=O) groups excluding carboxylic acids is 1. The highest BCUT2D eigenvalue weighted by Gasteiger charge is 2.01. The summed E-state index contributed by atoms with van der Waals surface area (Å²) < 4.78 is 23.8. The molecule has 0 fully saturated rings. The summed E-state index contributed by atoms with van der Waals surface area (Å²) >= 11 is 0. The summed E-state index contributed by atoms with van der Waals surface area (Å²) in [7, 11) is 0. The van der Waals surface area contributed by atoms with E-state index in [1.54, 1.807) is 24.4 Å². The highest BCUT2D eigenvalue weighted by atomic mass is 19.1. The molecule has 0 radical (unpaired) electrons. The van der Waals surface area contributed by atoms with E-state index in [0.29, 0.717) is 17.9 Å². The standard InChI is InChI=1S/C22H18FNO3/c23-19-5-3-4-18(14-19)15-27-22(25)12-9-17-7-10-21(11-8-17)26-16-20-6-1-2-13-24-20/h1-14H,15-16H2. The number of carbonyl (C=O) groups is 1. The molecule has 0 spiro atoms. The molecule has 3 aromatic rings. The lowest BCUT2D eigenvalue weighted by Crippen LogP contribution is -2.00. The fourth-order valence-electron chi connectivity index (χ4n) is 2.31. The normalized spacial score (nSPS) is 10.7. The van der Waals surface area contributed by atoms with Gasteiger partial charge in [0, 0.05) is 12.3 Å². The van der Waals surface area contributed by atoms with Crippen molar-refractivity contribution in [3.05, 3.63) is 102 Å². The smallest absolute Gasteiger partial charge is 0.331 e. The number of hydrogen-bond acceptors (Lipinski definition) is 4. The quantitative estimate of drug-likeness (QED) is 0.456. The SMILES string of the molecule is O=C(C=Cc1ccc(OCc2ccccn2)cc1)OCc1cccc(F)c1. The molecule has 0 N–H and O–H groups in total. The van der Waals surface area contributed by atoms with E-state index in [9.17, 15) is 9.18 Å². The Morgan fingerprint density at radius 1 is 1.00 bits per heavy atom. The Balaban J connectivity index is 1.47. The van der Waals surface area contributed by atoms with Gasteiger partial charge >= 0.3 is 5.97 Å². The molecular weight excluding hydrogens is 345 g/mol. The molecule has 2 aromatic carbocycles. The van der Waals surface area contributed by atoms with Crippen LogP contribution in [0.1, 0.15) is 16.8 Å². The molecular formula is C22H18FNO3. The van der Waals surface area contributed by atoms with Gasteiger partial charge in [-0.2, -0.15) is 0 Å². The lowest BCUT2D eigenvalue weighted by Gasteiger charge is -2.05. The van der Waals surface area contributed by atoms with Gasteiger partial charge in [-0.1, -0.05) is 30.3 Å². The monoisotopic (exact) mass is 363 g/mol. The summed E-state index contributed by atoms with van der Waals surface area (Å²) in [5.74, 6) is -0.134. The highest BCUT2D eigenvalue weighted by molar-refractivity contribution is 5.87. The van der Waals surface area contributed by atoms with Crippen LogP contribution in [0.4, 0.5) is 4.39 Å². The first-order valence-corrected chi connectivity index (χ1v) is 8.41.